The second-order valence-electron chi connectivity index (χ2n) is 9.06. The van der Waals surface area contributed by atoms with Crippen molar-refractivity contribution in [3.8, 4) is 0 Å². The molecule has 2 aliphatic carbocycles. The third kappa shape index (κ3) is 2.29. The Hall–Kier alpha value is -1.98. The lowest BCUT2D eigenvalue weighted by atomic mass is 9.56. The Morgan fingerprint density at radius 2 is 1.84 bits per heavy atom. The summed E-state index contributed by atoms with van der Waals surface area (Å²) in [5.41, 5.74) is -4.92. The van der Waals surface area contributed by atoms with Crippen molar-refractivity contribution in [3.05, 3.63) is 22.5 Å². The van der Waals surface area contributed by atoms with E-state index in [2.05, 4.69) is 0 Å². The van der Waals surface area contributed by atoms with Crippen molar-refractivity contribution in [1.29, 1.82) is 0 Å². The molecule has 31 heavy (non-hydrogen) atoms. The van der Waals surface area contributed by atoms with Crippen LogP contribution in [0.4, 0.5) is 0 Å². The summed E-state index contributed by atoms with van der Waals surface area (Å²) in [6.07, 6.45) is -5.59. The average molecular weight is 440 g/mol. The number of aliphatic hydroxyl groups excluding tert-OH is 3. The van der Waals surface area contributed by atoms with Crippen molar-refractivity contribution < 1.29 is 49.0 Å². The molecule has 0 bridgehead atoms. The van der Waals surface area contributed by atoms with Crippen LogP contribution in [-0.4, -0.2) is 88.8 Å². The molecular weight excluding hydrogens is 412 g/mol. The highest BCUT2D eigenvalue weighted by molar-refractivity contribution is 5.98. The van der Waals surface area contributed by atoms with Gasteiger partial charge in [-0.05, 0) is 18.4 Å². The first-order valence-electron chi connectivity index (χ1n) is 10.1. The molecule has 0 aromatic carbocycles. The fourth-order valence-electron chi connectivity index (χ4n) is 6.05. The highest BCUT2D eigenvalue weighted by atomic mass is 16.6. The predicted octanol–water partition coefficient (Wildman–Crippen LogP) is -1.06. The van der Waals surface area contributed by atoms with Crippen LogP contribution in [0.5, 0.6) is 0 Å². The highest BCUT2D eigenvalue weighted by Crippen LogP contribution is 2.67. The van der Waals surface area contributed by atoms with Crippen molar-refractivity contribution in [2.24, 2.45) is 11.3 Å². The molecule has 2 heterocycles. The van der Waals surface area contributed by atoms with Crippen molar-refractivity contribution in [1.82, 2.24) is 0 Å². The number of hydrogen-bond donors (Lipinski definition) is 4. The Balaban J connectivity index is 2.02. The summed E-state index contributed by atoms with van der Waals surface area (Å²) < 4.78 is 22.0. The largest absolute Gasteiger partial charge is 0.498 e. The van der Waals surface area contributed by atoms with Gasteiger partial charge in [-0.25, -0.2) is 9.59 Å². The SMILES string of the molecule is CO/C(CO)=C1\C[C@@]2(OC1=O)[C@H](O)[C@H]1OC(=O)C3=C1[C@@]2(C)[C@H](OC)[C@H](O)[C@@]3(O)C(C)C. The van der Waals surface area contributed by atoms with E-state index in [1.165, 1.54) is 14.2 Å². The van der Waals surface area contributed by atoms with Gasteiger partial charge < -0.3 is 39.4 Å². The number of carbonyl (C=O) groups excluding carboxylic acids is 2. The van der Waals surface area contributed by atoms with Crippen LogP contribution in [0.3, 0.4) is 0 Å². The minimum atomic E-state index is -1.99. The molecule has 0 unspecified atom stereocenters. The van der Waals surface area contributed by atoms with E-state index in [0.29, 0.717) is 0 Å². The molecule has 10 heteroatoms. The van der Waals surface area contributed by atoms with Gasteiger partial charge in [0.2, 0.25) is 0 Å². The van der Waals surface area contributed by atoms with Gasteiger partial charge in [0, 0.05) is 13.5 Å². The molecule has 1 saturated carbocycles. The topological polar surface area (TPSA) is 152 Å². The van der Waals surface area contributed by atoms with Crippen molar-refractivity contribution >= 4 is 11.9 Å². The Morgan fingerprint density at radius 3 is 2.35 bits per heavy atom. The van der Waals surface area contributed by atoms with Gasteiger partial charge >= 0.3 is 11.9 Å². The van der Waals surface area contributed by atoms with E-state index in [4.69, 9.17) is 18.9 Å². The van der Waals surface area contributed by atoms with Gasteiger partial charge in [0.15, 0.2) is 11.7 Å². The third-order valence-corrected chi connectivity index (χ3v) is 7.72. The van der Waals surface area contributed by atoms with E-state index < -0.39 is 65.5 Å². The van der Waals surface area contributed by atoms with Crippen LogP contribution in [0, 0.1) is 11.3 Å². The van der Waals surface area contributed by atoms with E-state index in [1.54, 1.807) is 20.8 Å². The number of aliphatic hydroxyl groups is 4. The summed E-state index contributed by atoms with van der Waals surface area (Å²) in [4.78, 5) is 25.6. The molecule has 4 N–H and O–H groups in total. The van der Waals surface area contributed by atoms with Crippen LogP contribution in [0.2, 0.25) is 0 Å². The first-order chi connectivity index (χ1) is 14.5. The summed E-state index contributed by atoms with van der Waals surface area (Å²) in [7, 11) is 2.63. The van der Waals surface area contributed by atoms with Gasteiger partial charge in [-0.2, -0.15) is 0 Å². The third-order valence-electron chi connectivity index (χ3n) is 7.72. The van der Waals surface area contributed by atoms with Crippen molar-refractivity contribution in [2.45, 2.75) is 62.8 Å². The number of hydrogen-bond acceptors (Lipinski definition) is 10. The lowest BCUT2D eigenvalue weighted by Gasteiger charge is -2.54. The number of carbonyl (C=O) groups is 2. The van der Waals surface area contributed by atoms with Crippen LogP contribution in [-0.2, 0) is 28.5 Å². The van der Waals surface area contributed by atoms with Crippen molar-refractivity contribution in [2.75, 3.05) is 20.8 Å². The lowest BCUT2D eigenvalue weighted by molar-refractivity contribution is -0.226. The average Bonchev–Trinajstić information content (AvgIpc) is 3.30. The number of fused-ring (bicyclic) bond motifs is 1. The highest BCUT2D eigenvalue weighted by Gasteiger charge is 2.80. The number of rotatable bonds is 4. The molecular formula is C21H28O10. The monoisotopic (exact) mass is 440 g/mol. The zero-order valence-corrected chi connectivity index (χ0v) is 18.0. The molecule has 2 aliphatic heterocycles. The molecule has 4 aliphatic rings. The number of esters is 2. The normalized spacial score (nSPS) is 45.4. The summed E-state index contributed by atoms with van der Waals surface area (Å²) in [5, 5.41) is 43.6. The van der Waals surface area contributed by atoms with E-state index >= 15 is 0 Å². The van der Waals surface area contributed by atoms with E-state index in [9.17, 15) is 30.0 Å². The van der Waals surface area contributed by atoms with Crippen LogP contribution < -0.4 is 0 Å². The van der Waals surface area contributed by atoms with Crippen LogP contribution >= 0.6 is 0 Å². The first-order valence-corrected chi connectivity index (χ1v) is 10.1. The molecule has 0 radical (unpaired) electrons. The van der Waals surface area contributed by atoms with E-state index in [0.717, 1.165) is 0 Å². The number of methoxy groups -OCH3 is 2. The van der Waals surface area contributed by atoms with Crippen LogP contribution in [0.25, 0.3) is 0 Å². The summed E-state index contributed by atoms with van der Waals surface area (Å²) in [5.74, 6) is -2.24. The summed E-state index contributed by atoms with van der Waals surface area (Å²) in [6, 6.07) is 0. The molecule has 172 valence electrons. The molecule has 0 aromatic heterocycles. The van der Waals surface area contributed by atoms with E-state index in [-0.39, 0.29) is 28.9 Å². The lowest BCUT2D eigenvalue weighted by Crippen LogP contribution is -2.68. The Bertz CT molecular complexity index is 900. The standard InChI is InChI=1S/C21H28O10/c1-8(2)21(27)12-11-13(30-18(12)26)14(23)20(19(11,3)16(29-5)15(21)24)6-9(17(25)31-20)10(7-22)28-4/h8,13-16,22-24,27H,6-7H2,1-5H3/b10-9+/t13-,14+,15-,16+,19-,20+,21+/m0/s1. The summed E-state index contributed by atoms with van der Waals surface area (Å²) in [6.45, 7) is 4.36. The van der Waals surface area contributed by atoms with Gasteiger partial charge in [-0.3, -0.25) is 0 Å². The van der Waals surface area contributed by atoms with Crippen LogP contribution in [0.15, 0.2) is 22.5 Å². The van der Waals surface area contributed by atoms with Gasteiger partial charge in [0.25, 0.3) is 0 Å². The second-order valence-corrected chi connectivity index (χ2v) is 9.06. The maximum Gasteiger partial charge on any atom is 0.338 e. The zero-order chi connectivity index (χ0) is 23.1. The minimum Gasteiger partial charge on any atom is -0.498 e. The van der Waals surface area contributed by atoms with Crippen LogP contribution in [0.1, 0.15) is 27.2 Å². The fourth-order valence-corrected chi connectivity index (χ4v) is 6.05. The van der Waals surface area contributed by atoms with Gasteiger partial charge in [0.05, 0.1) is 29.8 Å². The Labute approximate surface area is 179 Å². The maximum absolute atomic E-state index is 12.8. The molecule has 4 rings (SSSR count). The fraction of sp³-hybridized carbons (Fsp3) is 0.714. The van der Waals surface area contributed by atoms with Gasteiger partial charge in [-0.15, -0.1) is 0 Å². The second kappa shape index (κ2) is 6.76. The molecule has 0 amide bonds. The number of ether oxygens (including phenoxy) is 4. The van der Waals surface area contributed by atoms with E-state index in [1.807, 2.05) is 0 Å². The Morgan fingerprint density at radius 1 is 1.19 bits per heavy atom. The summed E-state index contributed by atoms with van der Waals surface area (Å²) >= 11 is 0. The Kier molecular flexibility index (Phi) is 4.84. The van der Waals surface area contributed by atoms with Gasteiger partial charge in [0.1, 0.15) is 30.2 Å². The molecule has 7 atom stereocenters. The quantitative estimate of drug-likeness (QED) is 0.242. The zero-order valence-electron chi connectivity index (χ0n) is 18.0. The predicted molar refractivity (Wildman–Crippen MR) is 102 cm³/mol. The smallest absolute Gasteiger partial charge is 0.338 e. The molecule has 0 aromatic rings. The molecule has 10 nitrogen and oxygen atoms in total. The first kappa shape index (κ1) is 22.2. The minimum absolute atomic E-state index is 0.00931. The maximum atomic E-state index is 12.8. The van der Waals surface area contributed by atoms with Crippen molar-refractivity contribution in [3.63, 3.8) is 0 Å². The molecule has 1 spiro atoms. The van der Waals surface area contributed by atoms with Gasteiger partial charge in [-0.1, -0.05) is 13.8 Å². The molecule has 1 saturated heterocycles. The molecule has 2 fully saturated rings.